The van der Waals surface area contributed by atoms with E-state index in [2.05, 4.69) is 0 Å². The summed E-state index contributed by atoms with van der Waals surface area (Å²) >= 11 is 0. The van der Waals surface area contributed by atoms with E-state index < -0.39 is 0 Å². The molecule has 0 aromatic heterocycles. The fraction of sp³-hybridized carbons (Fsp3) is 0.0769. The van der Waals surface area contributed by atoms with Gasteiger partial charge in [-0.05, 0) is 18.2 Å². The highest BCUT2D eigenvalue weighted by Gasteiger charge is 2.04. The molecule has 2 aromatic rings. The average molecular weight is 214 g/mol. The Morgan fingerprint density at radius 1 is 0.875 bits per heavy atom. The Bertz CT molecular complexity index is 483. The van der Waals surface area contributed by atoms with Crippen molar-refractivity contribution in [3.8, 4) is 11.5 Å². The minimum absolute atomic E-state index is 0.447. The van der Waals surface area contributed by atoms with E-state index in [-0.39, 0.29) is 0 Å². The first-order valence-corrected chi connectivity index (χ1v) is 5.11. The molecule has 0 saturated carbocycles. The molecule has 0 atom stereocenters. The van der Waals surface area contributed by atoms with Crippen molar-refractivity contribution < 1.29 is 4.74 Å². The number of nitrogens with two attached hydrogens (primary N) is 2. The third kappa shape index (κ3) is 2.15. The van der Waals surface area contributed by atoms with E-state index in [0.29, 0.717) is 18.0 Å². The summed E-state index contributed by atoms with van der Waals surface area (Å²) in [6.07, 6.45) is 0. The first kappa shape index (κ1) is 10.5. The van der Waals surface area contributed by atoms with Gasteiger partial charge in [-0.15, -0.1) is 0 Å². The van der Waals surface area contributed by atoms with Crippen LogP contribution in [0.4, 0.5) is 5.69 Å². The van der Waals surface area contributed by atoms with E-state index in [4.69, 9.17) is 16.2 Å². The minimum Gasteiger partial charge on any atom is -0.455 e. The third-order valence-electron chi connectivity index (χ3n) is 2.33. The lowest BCUT2D eigenvalue weighted by molar-refractivity contribution is 0.479. The van der Waals surface area contributed by atoms with Crippen molar-refractivity contribution in [2.24, 2.45) is 5.73 Å². The Morgan fingerprint density at radius 3 is 2.19 bits per heavy atom. The molecule has 0 unspecified atom stereocenters. The highest BCUT2D eigenvalue weighted by Crippen LogP contribution is 2.28. The van der Waals surface area contributed by atoms with E-state index in [1.165, 1.54) is 0 Å². The molecule has 3 heteroatoms. The molecule has 4 N–H and O–H groups in total. The molecule has 82 valence electrons. The van der Waals surface area contributed by atoms with Gasteiger partial charge in [0.2, 0.25) is 0 Å². The molecular formula is C13H14N2O. The SMILES string of the molecule is NCc1ccccc1Oc1ccccc1N. The molecule has 3 nitrogen and oxygen atoms in total. The Hall–Kier alpha value is -2.00. The van der Waals surface area contributed by atoms with Crippen molar-refractivity contribution in [1.29, 1.82) is 0 Å². The Kier molecular flexibility index (Phi) is 3.08. The highest BCUT2D eigenvalue weighted by atomic mass is 16.5. The molecule has 0 saturated heterocycles. The van der Waals surface area contributed by atoms with Gasteiger partial charge in [0.1, 0.15) is 11.5 Å². The summed E-state index contributed by atoms with van der Waals surface area (Å²) in [6.45, 7) is 0.447. The zero-order valence-corrected chi connectivity index (χ0v) is 8.89. The van der Waals surface area contributed by atoms with Gasteiger partial charge >= 0.3 is 0 Å². The number of ether oxygens (including phenoxy) is 1. The number of anilines is 1. The van der Waals surface area contributed by atoms with Crippen molar-refractivity contribution in [1.82, 2.24) is 0 Å². The van der Waals surface area contributed by atoms with Gasteiger partial charge < -0.3 is 16.2 Å². The van der Waals surface area contributed by atoms with Gasteiger partial charge in [-0.1, -0.05) is 30.3 Å². The van der Waals surface area contributed by atoms with Crippen molar-refractivity contribution in [2.45, 2.75) is 6.54 Å². The second kappa shape index (κ2) is 4.68. The maximum absolute atomic E-state index is 5.80. The summed E-state index contributed by atoms with van der Waals surface area (Å²) in [7, 11) is 0. The predicted octanol–water partition coefficient (Wildman–Crippen LogP) is 2.52. The highest BCUT2D eigenvalue weighted by molar-refractivity contribution is 5.54. The van der Waals surface area contributed by atoms with Crippen molar-refractivity contribution in [2.75, 3.05) is 5.73 Å². The molecular weight excluding hydrogens is 200 g/mol. The largest absolute Gasteiger partial charge is 0.455 e. The molecule has 0 amide bonds. The van der Waals surface area contributed by atoms with Crippen molar-refractivity contribution >= 4 is 5.69 Å². The summed E-state index contributed by atoms with van der Waals surface area (Å²) in [5, 5.41) is 0. The summed E-state index contributed by atoms with van der Waals surface area (Å²) in [6, 6.07) is 15.1. The summed E-state index contributed by atoms with van der Waals surface area (Å²) in [4.78, 5) is 0. The first-order chi connectivity index (χ1) is 7.81. The molecule has 0 heterocycles. The molecule has 0 aliphatic carbocycles. The normalized spacial score (nSPS) is 10.1. The molecule has 0 radical (unpaired) electrons. The number of benzene rings is 2. The maximum Gasteiger partial charge on any atom is 0.150 e. The number of para-hydroxylation sites is 3. The van der Waals surface area contributed by atoms with Crippen LogP contribution in [0.25, 0.3) is 0 Å². The lowest BCUT2D eigenvalue weighted by Crippen LogP contribution is -2.00. The van der Waals surface area contributed by atoms with Crippen LogP contribution in [0.3, 0.4) is 0 Å². The Labute approximate surface area is 94.6 Å². The minimum atomic E-state index is 0.447. The van der Waals surface area contributed by atoms with Crippen LogP contribution in [0.1, 0.15) is 5.56 Å². The van der Waals surface area contributed by atoms with Gasteiger partial charge in [-0.2, -0.15) is 0 Å². The van der Waals surface area contributed by atoms with Crippen LogP contribution < -0.4 is 16.2 Å². The zero-order chi connectivity index (χ0) is 11.4. The fourth-order valence-electron chi connectivity index (χ4n) is 1.46. The number of hydrogen-bond donors (Lipinski definition) is 2. The maximum atomic E-state index is 5.80. The summed E-state index contributed by atoms with van der Waals surface area (Å²) in [5.41, 5.74) is 13.0. The summed E-state index contributed by atoms with van der Waals surface area (Å²) in [5.74, 6) is 1.41. The molecule has 0 spiro atoms. The standard InChI is InChI=1S/C13H14N2O/c14-9-10-5-1-3-7-12(10)16-13-8-4-2-6-11(13)15/h1-8H,9,14-15H2. The first-order valence-electron chi connectivity index (χ1n) is 5.11. The van der Waals surface area contributed by atoms with Gasteiger partial charge in [0.25, 0.3) is 0 Å². The fourth-order valence-corrected chi connectivity index (χ4v) is 1.46. The van der Waals surface area contributed by atoms with Gasteiger partial charge in [0.05, 0.1) is 5.69 Å². The van der Waals surface area contributed by atoms with Crippen LogP contribution in [0, 0.1) is 0 Å². The lowest BCUT2D eigenvalue weighted by atomic mass is 10.2. The van der Waals surface area contributed by atoms with Crippen LogP contribution >= 0.6 is 0 Å². The van der Waals surface area contributed by atoms with Crippen LogP contribution in [0.5, 0.6) is 11.5 Å². The molecule has 16 heavy (non-hydrogen) atoms. The van der Waals surface area contributed by atoms with Gasteiger partial charge in [-0.3, -0.25) is 0 Å². The smallest absolute Gasteiger partial charge is 0.150 e. The van der Waals surface area contributed by atoms with Crippen LogP contribution in [-0.2, 0) is 6.54 Å². The third-order valence-corrected chi connectivity index (χ3v) is 2.33. The number of hydrogen-bond acceptors (Lipinski definition) is 3. The molecule has 2 rings (SSSR count). The monoisotopic (exact) mass is 214 g/mol. The Balaban J connectivity index is 2.30. The number of nitrogen functional groups attached to an aromatic ring is 1. The van der Waals surface area contributed by atoms with Crippen LogP contribution in [0.15, 0.2) is 48.5 Å². The average Bonchev–Trinajstić information content (AvgIpc) is 2.33. The lowest BCUT2D eigenvalue weighted by Gasteiger charge is -2.11. The summed E-state index contributed by atoms with van der Waals surface area (Å²) < 4.78 is 5.73. The van der Waals surface area contributed by atoms with Gasteiger partial charge in [0, 0.05) is 12.1 Å². The van der Waals surface area contributed by atoms with Gasteiger partial charge in [-0.25, -0.2) is 0 Å². The van der Waals surface area contributed by atoms with Crippen molar-refractivity contribution in [3.63, 3.8) is 0 Å². The predicted molar refractivity (Wildman–Crippen MR) is 65.3 cm³/mol. The van der Waals surface area contributed by atoms with E-state index in [1.807, 2.05) is 42.5 Å². The molecule has 0 bridgehead atoms. The molecule has 0 aliphatic rings. The van der Waals surface area contributed by atoms with E-state index in [1.54, 1.807) is 6.07 Å². The molecule has 2 aromatic carbocycles. The Morgan fingerprint density at radius 2 is 1.50 bits per heavy atom. The van der Waals surface area contributed by atoms with Gasteiger partial charge in [0.15, 0.2) is 0 Å². The second-order valence-corrected chi connectivity index (χ2v) is 3.45. The number of rotatable bonds is 3. The van der Waals surface area contributed by atoms with E-state index >= 15 is 0 Å². The van der Waals surface area contributed by atoms with E-state index in [9.17, 15) is 0 Å². The second-order valence-electron chi connectivity index (χ2n) is 3.45. The van der Waals surface area contributed by atoms with Crippen molar-refractivity contribution in [3.05, 3.63) is 54.1 Å². The van der Waals surface area contributed by atoms with Crippen LogP contribution in [0.2, 0.25) is 0 Å². The zero-order valence-electron chi connectivity index (χ0n) is 8.89. The molecule has 0 fully saturated rings. The topological polar surface area (TPSA) is 61.3 Å². The van der Waals surface area contributed by atoms with E-state index in [0.717, 1.165) is 11.3 Å². The van der Waals surface area contributed by atoms with Crippen LogP contribution in [-0.4, -0.2) is 0 Å². The molecule has 0 aliphatic heterocycles. The quantitative estimate of drug-likeness (QED) is 0.772.